The minimum atomic E-state index is -4.94. The van der Waals surface area contributed by atoms with Crippen LogP contribution in [0.1, 0.15) is 15.9 Å². The number of aldehydes is 1. The topological polar surface area (TPSA) is 112 Å². The molecule has 0 heterocycles. The fourth-order valence-corrected chi connectivity index (χ4v) is 6.52. The number of anilines is 1. The Balaban J connectivity index is 2.45. The Bertz CT molecular complexity index is 1370. The van der Waals surface area contributed by atoms with Gasteiger partial charge in [0.25, 0.3) is 10.0 Å². The first kappa shape index (κ1) is 23.3. The maximum absolute atomic E-state index is 13.5. The Kier molecular flexibility index (Phi) is 6.49. The monoisotopic (exact) mass is 497 g/mol. The molecule has 0 unspecified atom stereocenters. The summed E-state index contributed by atoms with van der Waals surface area (Å²) in [5, 5.41) is 0.747. The van der Waals surface area contributed by atoms with Crippen LogP contribution < -0.4 is 4.31 Å². The van der Waals surface area contributed by atoms with Gasteiger partial charge in [-0.2, -0.15) is 0 Å². The smallest absolute Gasteiger partial charge is 0.323 e. The Morgan fingerprint density at radius 1 is 1.10 bits per heavy atom. The molecule has 0 saturated carbocycles. The number of benzene rings is 3. The van der Waals surface area contributed by atoms with Gasteiger partial charge in [0.2, 0.25) is 0 Å². The Hall–Kier alpha value is -2.37. The van der Waals surface area contributed by atoms with Gasteiger partial charge in [-0.25, -0.2) is 8.42 Å². The summed E-state index contributed by atoms with van der Waals surface area (Å²) in [6.07, 6.45) is 4.81. The SMILES string of the molecule is C#Cc1c(C=O)cc2ccccc2c1N(CP(=O)(O)O)S(=O)(=O)c1cc(Cl)cc(Cl)c1. The van der Waals surface area contributed by atoms with Gasteiger partial charge >= 0.3 is 7.60 Å². The van der Waals surface area contributed by atoms with Gasteiger partial charge < -0.3 is 9.79 Å². The summed E-state index contributed by atoms with van der Waals surface area (Å²) in [5.74, 6) is 2.28. The molecule has 0 atom stereocenters. The van der Waals surface area contributed by atoms with Gasteiger partial charge in [0.15, 0.2) is 6.29 Å². The van der Waals surface area contributed by atoms with Crippen molar-refractivity contribution in [2.45, 2.75) is 4.90 Å². The number of terminal acetylenes is 1. The maximum Gasteiger partial charge on any atom is 0.345 e. The normalized spacial score (nSPS) is 11.8. The molecule has 0 aliphatic rings. The average Bonchev–Trinajstić information content (AvgIpc) is 2.69. The molecule has 0 fully saturated rings. The minimum Gasteiger partial charge on any atom is -0.323 e. The molecule has 0 aliphatic heterocycles. The molecule has 0 aliphatic carbocycles. The van der Waals surface area contributed by atoms with Gasteiger partial charge in [-0.3, -0.25) is 13.7 Å². The molecule has 0 radical (unpaired) electrons. The quantitative estimate of drug-likeness (QED) is 0.298. The highest BCUT2D eigenvalue weighted by Crippen LogP contribution is 2.43. The Morgan fingerprint density at radius 3 is 2.26 bits per heavy atom. The second-order valence-electron chi connectivity index (χ2n) is 6.44. The highest BCUT2D eigenvalue weighted by Gasteiger charge is 2.34. The summed E-state index contributed by atoms with van der Waals surface area (Å²) in [7, 11) is -9.56. The van der Waals surface area contributed by atoms with E-state index in [0.717, 1.165) is 12.1 Å². The molecular weight excluding hydrogens is 484 g/mol. The zero-order chi connectivity index (χ0) is 23.0. The van der Waals surface area contributed by atoms with E-state index in [1.165, 1.54) is 18.2 Å². The van der Waals surface area contributed by atoms with E-state index in [-0.39, 0.29) is 32.2 Å². The number of fused-ring (bicyclic) bond motifs is 1. The van der Waals surface area contributed by atoms with Crippen LogP contribution >= 0.6 is 30.8 Å². The molecule has 0 amide bonds. The van der Waals surface area contributed by atoms with E-state index < -0.39 is 28.8 Å². The predicted molar refractivity (Wildman–Crippen MR) is 120 cm³/mol. The molecule has 0 spiro atoms. The molecule has 31 heavy (non-hydrogen) atoms. The van der Waals surface area contributed by atoms with E-state index in [1.807, 2.05) is 0 Å². The van der Waals surface area contributed by atoms with Gasteiger partial charge in [0.1, 0.15) is 6.29 Å². The van der Waals surface area contributed by atoms with E-state index in [4.69, 9.17) is 29.6 Å². The van der Waals surface area contributed by atoms with Crippen LogP contribution in [-0.4, -0.2) is 30.8 Å². The van der Waals surface area contributed by atoms with Crippen LogP contribution in [0.3, 0.4) is 0 Å². The Morgan fingerprint density at radius 2 is 1.71 bits per heavy atom. The molecular formula is C20H14Cl2NO6PS. The van der Waals surface area contributed by atoms with Crippen LogP contribution in [0.25, 0.3) is 10.8 Å². The van der Waals surface area contributed by atoms with Crippen molar-refractivity contribution in [3.05, 3.63) is 69.7 Å². The molecule has 7 nitrogen and oxygen atoms in total. The third-order valence-corrected chi connectivity index (χ3v) is 7.31. The first-order chi connectivity index (χ1) is 14.5. The van der Waals surface area contributed by atoms with Crippen LogP contribution in [-0.2, 0) is 14.6 Å². The highest BCUT2D eigenvalue weighted by molar-refractivity contribution is 7.93. The summed E-state index contributed by atoms with van der Waals surface area (Å²) >= 11 is 11.9. The van der Waals surface area contributed by atoms with Crippen molar-refractivity contribution in [2.75, 3.05) is 10.6 Å². The number of carbonyl (C=O) groups excluding carboxylic acids is 1. The first-order valence-electron chi connectivity index (χ1n) is 8.49. The van der Waals surface area contributed by atoms with E-state index in [1.54, 1.807) is 18.2 Å². The van der Waals surface area contributed by atoms with Gasteiger partial charge in [0, 0.05) is 21.0 Å². The number of hydrogen-bond donors (Lipinski definition) is 2. The van der Waals surface area contributed by atoms with Crippen LogP contribution in [0.15, 0.2) is 53.4 Å². The average molecular weight is 498 g/mol. The molecule has 2 N–H and O–H groups in total. The summed E-state index contributed by atoms with van der Waals surface area (Å²) in [6.45, 7) is 0. The van der Waals surface area contributed by atoms with Gasteiger partial charge in [-0.1, -0.05) is 53.4 Å². The largest absolute Gasteiger partial charge is 0.345 e. The zero-order valence-electron chi connectivity index (χ0n) is 15.6. The van der Waals surface area contributed by atoms with E-state index in [9.17, 15) is 27.6 Å². The third-order valence-electron chi connectivity index (χ3n) is 4.31. The van der Waals surface area contributed by atoms with Crippen molar-refractivity contribution in [1.29, 1.82) is 0 Å². The van der Waals surface area contributed by atoms with Gasteiger partial charge in [-0.05, 0) is 29.7 Å². The fourth-order valence-electron chi connectivity index (χ4n) is 3.09. The van der Waals surface area contributed by atoms with Gasteiger partial charge in [-0.15, -0.1) is 6.42 Å². The number of carbonyl (C=O) groups is 1. The summed E-state index contributed by atoms with van der Waals surface area (Å²) in [6, 6.07) is 11.4. The predicted octanol–water partition coefficient (Wildman–Crippen LogP) is 4.27. The van der Waals surface area contributed by atoms with Gasteiger partial charge in [0.05, 0.1) is 16.1 Å². The fraction of sp³-hybridized carbons (Fsp3) is 0.0500. The molecule has 11 heteroatoms. The zero-order valence-corrected chi connectivity index (χ0v) is 18.8. The summed E-state index contributed by atoms with van der Waals surface area (Å²) < 4.78 is 39.5. The standard InChI is InChI=1S/C20H14Cl2NO6PS/c1-2-18-14(11-24)7-13-5-3-4-6-19(13)20(18)23(12-30(25,26)27)31(28,29)17-9-15(21)8-16(22)10-17/h1,3-11H,12H2,(H2,25,26,27). The second-order valence-corrected chi connectivity index (χ2v) is 10.8. The van der Waals surface area contributed by atoms with Crippen molar-refractivity contribution in [3.63, 3.8) is 0 Å². The second kappa shape index (κ2) is 8.64. The lowest BCUT2D eigenvalue weighted by atomic mass is 9.99. The molecule has 3 rings (SSSR count). The summed E-state index contributed by atoms with van der Waals surface area (Å²) in [4.78, 5) is 30.6. The summed E-state index contributed by atoms with van der Waals surface area (Å²) in [5.41, 5.74) is -0.341. The minimum absolute atomic E-state index is 0.00544. The third kappa shape index (κ3) is 4.78. The molecule has 160 valence electrons. The molecule has 3 aromatic rings. The van der Waals surface area contributed by atoms with Crippen LogP contribution in [0.4, 0.5) is 5.69 Å². The number of halogens is 2. The van der Waals surface area contributed by atoms with Crippen molar-refractivity contribution in [1.82, 2.24) is 0 Å². The Labute approximate surface area is 188 Å². The first-order valence-corrected chi connectivity index (χ1v) is 12.5. The number of sulfonamides is 1. The number of rotatable bonds is 6. The number of hydrogen-bond acceptors (Lipinski definition) is 4. The van der Waals surface area contributed by atoms with Crippen LogP contribution in [0.5, 0.6) is 0 Å². The molecule has 3 aromatic carbocycles. The highest BCUT2D eigenvalue weighted by atomic mass is 35.5. The van der Waals surface area contributed by atoms with Crippen molar-refractivity contribution in [2.24, 2.45) is 0 Å². The molecule has 0 saturated heterocycles. The van der Waals surface area contributed by atoms with E-state index in [0.29, 0.717) is 16.0 Å². The molecule has 0 bridgehead atoms. The van der Waals surface area contributed by atoms with Crippen molar-refractivity contribution < 1.29 is 27.6 Å². The number of nitrogens with zero attached hydrogens (tertiary/aromatic N) is 1. The van der Waals surface area contributed by atoms with Crippen molar-refractivity contribution in [3.8, 4) is 12.3 Å². The maximum atomic E-state index is 13.5. The lowest BCUT2D eigenvalue weighted by molar-refractivity contribution is 0.112. The lowest BCUT2D eigenvalue weighted by Gasteiger charge is -2.28. The van der Waals surface area contributed by atoms with Crippen LogP contribution in [0, 0.1) is 12.3 Å². The van der Waals surface area contributed by atoms with Crippen LogP contribution in [0.2, 0.25) is 10.0 Å². The van der Waals surface area contributed by atoms with Crippen molar-refractivity contribution >= 4 is 63.6 Å². The lowest BCUT2D eigenvalue weighted by Crippen LogP contribution is -2.33. The van der Waals surface area contributed by atoms with E-state index >= 15 is 0 Å². The van der Waals surface area contributed by atoms with E-state index in [2.05, 4.69) is 5.92 Å². The molecule has 0 aromatic heterocycles.